The molecule has 14 heavy (non-hydrogen) atoms. The van der Waals surface area contributed by atoms with Crippen molar-refractivity contribution in [2.75, 3.05) is 13.6 Å². The molecule has 4 nitrogen and oxygen atoms in total. The molecule has 2 saturated carbocycles. The van der Waals surface area contributed by atoms with Gasteiger partial charge >= 0.3 is 5.97 Å². The van der Waals surface area contributed by atoms with Crippen LogP contribution in [0.15, 0.2) is 0 Å². The number of hydrogen-bond donors (Lipinski definition) is 2. The highest BCUT2D eigenvalue weighted by molar-refractivity contribution is 5.72. The van der Waals surface area contributed by atoms with Gasteiger partial charge in [-0.05, 0) is 31.2 Å². The monoisotopic (exact) mass is 196 g/mol. The molecule has 0 aromatic rings. The summed E-state index contributed by atoms with van der Waals surface area (Å²) in [5.74, 6) is 0.355. The average Bonchev–Trinajstić information content (AvgIpc) is 2.63. The van der Waals surface area contributed by atoms with Crippen LogP contribution >= 0.6 is 0 Å². The molecule has 3 N–H and O–H groups in total. The van der Waals surface area contributed by atoms with Gasteiger partial charge in [0.15, 0.2) is 0 Å². The fourth-order valence-corrected chi connectivity index (χ4v) is 4.24. The van der Waals surface area contributed by atoms with E-state index >= 15 is 0 Å². The third-order valence-corrected chi connectivity index (χ3v) is 4.64. The fraction of sp³-hybridized carbons (Fsp3) is 0.900. The number of fused-ring (bicyclic) bond motifs is 1. The molecule has 78 valence electrons. The normalized spacial score (nSPS) is 55.6. The van der Waals surface area contributed by atoms with Crippen molar-refractivity contribution in [1.82, 2.24) is 4.90 Å². The second-order valence-electron chi connectivity index (χ2n) is 5.10. The van der Waals surface area contributed by atoms with Crippen molar-refractivity contribution in [3.8, 4) is 0 Å². The number of hydrogen-bond acceptors (Lipinski definition) is 3. The molecule has 0 aromatic carbocycles. The van der Waals surface area contributed by atoms with E-state index in [0.717, 1.165) is 13.0 Å². The van der Waals surface area contributed by atoms with Crippen LogP contribution in [0, 0.1) is 23.7 Å². The lowest BCUT2D eigenvalue weighted by Gasteiger charge is -2.30. The molecular formula is C10H16N2O2. The minimum atomic E-state index is -0.633. The lowest BCUT2D eigenvalue weighted by atomic mass is 9.78. The van der Waals surface area contributed by atoms with E-state index in [0.29, 0.717) is 17.9 Å². The number of likely N-dealkylation sites (N-methyl/N-ethyl adjacent to an activating group) is 1. The zero-order valence-electron chi connectivity index (χ0n) is 8.26. The second-order valence-corrected chi connectivity index (χ2v) is 5.10. The number of nitrogens with two attached hydrogens (primary N) is 1. The molecule has 4 heteroatoms. The van der Waals surface area contributed by atoms with Crippen molar-refractivity contribution in [1.29, 1.82) is 0 Å². The second kappa shape index (κ2) is 2.49. The summed E-state index contributed by atoms with van der Waals surface area (Å²) in [6, 6.07) is 0.547. The number of rotatable bonds is 1. The lowest BCUT2D eigenvalue weighted by Crippen LogP contribution is -2.48. The Balaban J connectivity index is 1.99. The summed E-state index contributed by atoms with van der Waals surface area (Å²) in [5, 5.41) is 9.19. The van der Waals surface area contributed by atoms with Crippen LogP contribution in [-0.2, 0) is 4.79 Å². The molecule has 0 radical (unpaired) electrons. The van der Waals surface area contributed by atoms with Gasteiger partial charge in [0.05, 0.1) is 5.92 Å². The van der Waals surface area contributed by atoms with Crippen molar-refractivity contribution in [2.45, 2.75) is 18.5 Å². The van der Waals surface area contributed by atoms with Crippen LogP contribution in [-0.4, -0.2) is 41.7 Å². The molecule has 1 heterocycles. The fourth-order valence-electron chi connectivity index (χ4n) is 4.24. The Labute approximate surface area is 83.1 Å². The zero-order valence-corrected chi connectivity index (χ0v) is 8.26. The Kier molecular flexibility index (Phi) is 1.55. The first kappa shape index (κ1) is 8.68. The van der Waals surface area contributed by atoms with Crippen molar-refractivity contribution in [3.63, 3.8) is 0 Å². The number of nitrogens with zero attached hydrogens (tertiary/aromatic N) is 1. The lowest BCUT2D eigenvalue weighted by molar-refractivity contribution is -0.145. The number of carboxylic acids is 1. The van der Waals surface area contributed by atoms with E-state index < -0.39 is 5.97 Å². The maximum absolute atomic E-state index is 11.2. The highest BCUT2D eigenvalue weighted by atomic mass is 16.4. The van der Waals surface area contributed by atoms with Crippen LogP contribution in [0.1, 0.15) is 6.42 Å². The Bertz CT molecular complexity index is 290. The number of carbonyl (C=O) groups is 1. The van der Waals surface area contributed by atoms with E-state index in [1.165, 1.54) is 0 Å². The van der Waals surface area contributed by atoms with Gasteiger partial charge in [-0.1, -0.05) is 0 Å². The van der Waals surface area contributed by atoms with E-state index in [-0.39, 0.29) is 17.9 Å². The summed E-state index contributed by atoms with van der Waals surface area (Å²) in [6.45, 7) is 0.927. The van der Waals surface area contributed by atoms with Crippen LogP contribution in [0.2, 0.25) is 0 Å². The van der Waals surface area contributed by atoms with Crippen LogP contribution in [0.5, 0.6) is 0 Å². The third kappa shape index (κ3) is 0.792. The van der Waals surface area contributed by atoms with Gasteiger partial charge in [-0.2, -0.15) is 0 Å². The van der Waals surface area contributed by atoms with Gasteiger partial charge in [0, 0.05) is 18.6 Å². The molecule has 3 aliphatic rings. The first-order valence-corrected chi connectivity index (χ1v) is 5.30. The Hall–Kier alpha value is -0.610. The molecule has 0 amide bonds. The van der Waals surface area contributed by atoms with Gasteiger partial charge in [0.25, 0.3) is 0 Å². The molecule has 2 bridgehead atoms. The Morgan fingerprint density at radius 2 is 2.14 bits per heavy atom. The molecule has 3 rings (SSSR count). The first-order chi connectivity index (χ1) is 6.61. The van der Waals surface area contributed by atoms with Gasteiger partial charge in [0.2, 0.25) is 0 Å². The first-order valence-electron chi connectivity index (χ1n) is 5.30. The van der Waals surface area contributed by atoms with Crippen LogP contribution in [0.25, 0.3) is 0 Å². The SMILES string of the molecule is CN1C[C@@H]2[C@H]3C[C@@H]([C@H](N)[C@@H]31)[C@H]2C(=O)O. The molecule has 0 unspecified atom stereocenters. The quantitative estimate of drug-likeness (QED) is 0.598. The molecule has 3 fully saturated rings. The van der Waals surface area contributed by atoms with E-state index in [2.05, 4.69) is 11.9 Å². The number of aliphatic carboxylic acids is 1. The van der Waals surface area contributed by atoms with Crippen LogP contribution < -0.4 is 5.73 Å². The van der Waals surface area contributed by atoms with Gasteiger partial charge < -0.3 is 15.7 Å². The van der Waals surface area contributed by atoms with Gasteiger partial charge in [0.1, 0.15) is 0 Å². The topological polar surface area (TPSA) is 66.6 Å². The van der Waals surface area contributed by atoms with E-state index in [4.69, 9.17) is 5.73 Å². The average molecular weight is 196 g/mol. The largest absolute Gasteiger partial charge is 0.481 e. The standard InChI is InChI=1S/C10H16N2O2/c1-12-3-6-4-2-5(7(6)10(13)14)8(11)9(4)12/h4-9H,2-3,11H2,1H3,(H,13,14)/t4-,5-,6-,7-,8+,9-/m1/s1. The van der Waals surface area contributed by atoms with Gasteiger partial charge in [-0.25, -0.2) is 0 Å². The minimum Gasteiger partial charge on any atom is -0.481 e. The van der Waals surface area contributed by atoms with Crippen LogP contribution in [0.4, 0.5) is 0 Å². The van der Waals surface area contributed by atoms with Gasteiger partial charge in [-0.3, -0.25) is 4.79 Å². The predicted octanol–water partition coefficient (Wildman–Crippen LogP) is -0.406. The van der Waals surface area contributed by atoms with Crippen molar-refractivity contribution < 1.29 is 9.90 Å². The third-order valence-electron chi connectivity index (χ3n) is 4.64. The molecule has 0 spiro atoms. The van der Waals surface area contributed by atoms with E-state index in [1.54, 1.807) is 0 Å². The molecule has 0 aromatic heterocycles. The summed E-state index contributed by atoms with van der Waals surface area (Å²) >= 11 is 0. The van der Waals surface area contributed by atoms with Crippen LogP contribution in [0.3, 0.4) is 0 Å². The predicted molar refractivity (Wildman–Crippen MR) is 50.6 cm³/mol. The smallest absolute Gasteiger partial charge is 0.307 e. The summed E-state index contributed by atoms with van der Waals surface area (Å²) in [6.07, 6.45) is 1.04. The minimum absolute atomic E-state index is 0.0878. The van der Waals surface area contributed by atoms with Crippen molar-refractivity contribution >= 4 is 5.97 Å². The molecule has 6 atom stereocenters. The summed E-state index contributed by atoms with van der Waals surface area (Å²) in [5.41, 5.74) is 6.11. The highest BCUT2D eigenvalue weighted by Crippen LogP contribution is 2.57. The molecular weight excluding hydrogens is 180 g/mol. The molecule has 2 aliphatic carbocycles. The number of carboxylic acid groups (broad SMARTS) is 1. The Morgan fingerprint density at radius 1 is 1.43 bits per heavy atom. The summed E-state index contributed by atoms with van der Waals surface area (Å²) in [4.78, 5) is 13.4. The Morgan fingerprint density at radius 3 is 2.79 bits per heavy atom. The molecule has 1 aliphatic heterocycles. The van der Waals surface area contributed by atoms with Gasteiger partial charge in [-0.15, -0.1) is 0 Å². The van der Waals surface area contributed by atoms with Crippen molar-refractivity contribution in [2.24, 2.45) is 29.4 Å². The maximum Gasteiger partial charge on any atom is 0.307 e. The maximum atomic E-state index is 11.2. The van der Waals surface area contributed by atoms with Crippen molar-refractivity contribution in [3.05, 3.63) is 0 Å². The highest BCUT2D eigenvalue weighted by Gasteiger charge is 2.63. The van der Waals surface area contributed by atoms with E-state index in [1.807, 2.05) is 0 Å². The molecule has 1 saturated heterocycles. The summed E-state index contributed by atoms with van der Waals surface area (Å²) in [7, 11) is 2.07. The summed E-state index contributed by atoms with van der Waals surface area (Å²) < 4.78 is 0. The zero-order chi connectivity index (χ0) is 10.0. The van der Waals surface area contributed by atoms with E-state index in [9.17, 15) is 9.90 Å². The number of likely N-dealkylation sites (tertiary alicyclic amines) is 1.